The molecular weight excluding hydrogens is 330 g/mol. The van der Waals surface area contributed by atoms with E-state index in [4.69, 9.17) is 5.73 Å². The van der Waals surface area contributed by atoms with Crippen LogP contribution in [0.15, 0.2) is 47.8 Å². The van der Waals surface area contributed by atoms with Gasteiger partial charge in [-0.25, -0.2) is 9.97 Å². The summed E-state index contributed by atoms with van der Waals surface area (Å²) >= 11 is 1.65. The summed E-state index contributed by atoms with van der Waals surface area (Å²) in [6.45, 7) is 4.35. The fraction of sp³-hybridized carbons (Fsp3) is 0.263. The number of aromatic nitrogens is 2. The molecule has 0 bridgehead atoms. The Morgan fingerprint density at radius 2 is 1.68 bits per heavy atom. The summed E-state index contributed by atoms with van der Waals surface area (Å²) in [5.74, 6) is 0.309. The first-order valence-corrected chi connectivity index (χ1v) is 9.29. The van der Waals surface area contributed by atoms with Gasteiger partial charge >= 0.3 is 0 Å². The minimum Gasteiger partial charge on any atom is -0.369 e. The number of hydrogen-bond acceptors (Lipinski definition) is 6. The SMILES string of the molecule is CN1CCN(c2ccc(-c3cc(-c4cccs4)nc(N)n3)cc2)CC1. The Hall–Kier alpha value is -2.44. The quantitative estimate of drug-likeness (QED) is 0.785. The van der Waals surface area contributed by atoms with Crippen LogP contribution in [0.5, 0.6) is 0 Å². The van der Waals surface area contributed by atoms with Gasteiger partial charge in [0, 0.05) is 37.4 Å². The van der Waals surface area contributed by atoms with E-state index in [1.807, 2.05) is 23.6 Å². The second-order valence-electron chi connectivity index (χ2n) is 6.31. The molecule has 2 N–H and O–H groups in total. The predicted molar refractivity (Wildman–Crippen MR) is 105 cm³/mol. The molecule has 0 radical (unpaired) electrons. The molecule has 1 aliphatic rings. The average Bonchev–Trinajstić information content (AvgIpc) is 3.17. The van der Waals surface area contributed by atoms with Gasteiger partial charge in [-0.2, -0.15) is 0 Å². The van der Waals surface area contributed by atoms with Crippen LogP contribution in [0.3, 0.4) is 0 Å². The van der Waals surface area contributed by atoms with Crippen molar-refractivity contribution in [3.05, 3.63) is 47.8 Å². The summed E-state index contributed by atoms with van der Waals surface area (Å²) in [5, 5.41) is 2.04. The summed E-state index contributed by atoms with van der Waals surface area (Å²) in [6, 6.07) is 14.7. The molecule has 4 rings (SSSR count). The lowest BCUT2D eigenvalue weighted by atomic mass is 10.1. The van der Waals surface area contributed by atoms with Gasteiger partial charge in [-0.05, 0) is 36.7 Å². The third-order valence-corrected chi connectivity index (χ3v) is 5.44. The van der Waals surface area contributed by atoms with Gasteiger partial charge in [0.15, 0.2) is 0 Å². The molecule has 3 heterocycles. The molecule has 0 spiro atoms. The zero-order chi connectivity index (χ0) is 17.2. The number of piperazine rings is 1. The number of nitrogen functional groups attached to an aromatic ring is 1. The summed E-state index contributed by atoms with van der Waals surface area (Å²) in [4.78, 5) is 14.7. The van der Waals surface area contributed by atoms with Crippen molar-refractivity contribution < 1.29 is 0 Å². The van der Waals surface area contributed by atoms with E-state index in [1.165, 1.54) is 5.69 Å². The van der Waals surface area contributed by atoms with E-state index in [0.717, 1.165) is 48.0 Å². The molecule has 128 valence electrons. The molecule has 3 aromatic rings. The highest BCUT2D eigenvalue weighted by Crippen LogP contribution is 2.28. The first kappa shape index (κ1) is 16.1. The molecule has 0 unspecified atom stereocenters. The van der Waals surface area contributed by atoms with Crippen LogP contribution >= 0.6 is 11.3 Å². The normalized spacial score (nSPS) is 15.5. The van der Waals surface area contributed by atoms with Crippen LogP contribution in [0, 0.1) is 0 Å². The Kier molecular flexibility index (Phi) is 4.38. The molecule has 1 saturated heterocycles. The van der Waals surface area contributed by atoms with E-state index < -0.39 is 0 Å². The minimum atomic E-state index is 0.309. The van der Waals surface area contributed by atoms with E-state index in [2.05, 4.69) is 51.1 Å². The molecule has 0 saturated carbocycles. The summed E-state index contributed by atoms with van der Waals surface area (Å²) in [6.07, 6.45) is 0. The average molecular weight is 351 g/mol. The zero-order valence-electron chi connectivity index (χ0n) is 14.2. The largest absolute Gasteiger partial charge is 0.369 e. The smallest absolute Gasteiger partial charge is 0.221 e. The fourth-order valence-corrected chi connectivity index (χ4v) is 3.76. The molecule has 5 nitrogen and oxygen atoms in total. The van der Waals surface area contributed by atoms with Gasteiger partial charge in [-0.3, -0.25) is 0 Å². The van der Waals surface area contributed by atoms with E-state index >= 15 is 0 Å². The zero-order valence-corrected chi connectivity index (χ0v) is 15.0. The van der Waals surface area contributed by atoms with Crippen LogP contribution in [-0.4, -0.2) is 48.1 Å². The number of likely N-dealkylation sites (N-methyl/N-ethyl adjacent to an activating group) is 1. The van der Waals surface area contributed by atoms with E-state index in [9.17, 15) is 0 Å². The van der Waals surface area contributed by atoms with Crippen molar-refractivity contribution in [3.63, 3.8) is 0 Å². The molecule has 0 aliphatic carbocycles. The van der Waals surface area contributed by atoms with Gasteiger partial charge in [-0.15, -0.1) is 11.3 Å². The van der Waals surface area contributed by atoms with Crippen molar-refractivity contribution in [2.45, 2.75) is 0 Å². The highest BCUT2D eigenvalue weighted by Gasteiger charge is 2.14. The highest BCUT2D eigenvalue weighted by molar-refractivity contribution is 7.13. The number of hydrogen-bond donors (Lipinski definition) is 1. The lowest BCUT2D eigenvalue weighted by Crippen LogP contribution is -2.44. The molecule has 1 aliphatic heterocycles. The Balaban J connectivity index is 1.60. The Morgan fingerprint density at radius 1 is 0.960 bits per heavy atom. The second-order valence-corrected chi connectivity index (χ2v) is 7.26. The number of rotatable bonds is 3. The maximum atomic E-state index is 5.93. The van der Waals surface area contributed by atoms with Crippen molar-refractivity contribution in [2.75, 3.05) is 43.9 Å². The minimum absolute atomic E-state index is 0.309. The summed E-state index contributed by atoms with van der Waals surface area (Å²) < 4.78 is 0. The van der Waals surface area contributed by atoms with Gasteiger partial charge in [0.2, 0.25) is 5.95 Å². The topological polar surface area (TPSA) is 58.3 Å². The molecular formula is C19H21N5S. The van der Waals surface area contributed by atoms with Crippen LogP contribution < -0.4 is 10.6 Å². The number of anilines is 2. The Bertz CT molecular complexity index is 837. The second kappa shape index (κ2) is 6.82. The third kappa shape index (κ3) is 3.50. The molecule has 6 heteroatoms. The van der Waals surface area contributed by atoms with Crippen LogP contribution in [0.2, 0.25) is 0 Å². The number of nitrogens with two attached hydrogens (primary N) is 1. The third-order valence-electron chi connectivity index (χ3n) is 4.55. The first-order valence-electron chi connectivity index (χ1n) is 8.41. The Morgan fingerprint density at radius 3 is 2.36 bits per heavy atom. The summed E-state index contributed by atoms with van der Waals surface area (Å²) in [5.41, 5.74) is 9.99. The molecule has 0 atom stereocenters. The monoisotopic (exact) mass is 351 g/mol. The van der Waals surface area contributed by atoms with E-state index in [-0.39, 0.29) is 0 Å². The molecule has 1 fully saturated rings. The Labute approximate surface area is 151 Å². The van der Waals surface area contributed by atoms with Crippen LogP contribution in [0.4, 0.5) is 11.6 Å². The summed E-state index contributed by atoms with van der Waals surface area (Å²) in [7, 11) is 2.17. The van der Waals surface area contributed by atoms with Crippen molar-refractivity contribution in [2.24, 2.45) is 0 Å². The van der Waals surface area contributed by atoms with E-state index in [1.54, 1.807) is 11.3 Å². The maximum Gasteiger partial charge on any atom is 0.221 e. The molecule has 1 aromatic carbocycles. The van der Waals surface area contributed by atoms with Crippen molar-refractivity contribution >= 4 is 23.0 Å². The van der Waals surface area contributed by atoms with Crippen molar-refractivity contribution in [1.29, 1.82) is 0 Å². The molecule has 25 heavy (non-hydrogen) atoms. The van der Waals surface area contributed by atoms with Gasteiger partial charge in [0.25, 0.3) is 0 Å². The lowest BCUT2D eigenvalue weighted by Gasteiger charge is -2.34. The van der Waals surface area contributed by atoms with Gasteiger partial charge in [0.1, 0.15) is 0 Å². The van der Waals surface area contributed by atoms with Crippen LogP contribution in [0.1, 0.15) is 0 Å². The van der Waals surface area contributed by atoms with Crippen molar-refractivity contribution in [1.82, 2.24) is 14.9 Å². The molecule has 0 amide bonds. The number of thiophene rings is 1. The van der Waals surface area contributed by atoms with Gasteiger partial charge < -0.3 is 15.5 Å². The predicted octanol–water partition coefficient (Wildman–Crippen LogP) is 3.21. The lowest BCUT2D eigenvalue weighted by molar-refractivity contribution is 0.313. The highest BCUT2D eigenvalue weighted by atomic mass is 32.1. The number of benzene rings is 1. The van der Waals surface area contributed by atoms with Crippen molar-refractivity contribution in [3.8, 4) is 21.8 Å². The van der Waals surface area contributed by atoms with E-state index in [0.29, 0.717) is 5.95 Å². The first-order chi connectivity index (χ1) is 12.2. The van der Waals surface area contributed by atoms with Crippen LogP contribution in [0.25, 0.3) is 21.8 Å². The van der Waals surface area contributed by atoms with Gasteiger partial charge in [0.05, 0.1) is 16.3 Å². The number of nitrogens with zero attached hydrogens (tertiary/aromatic N) is 4. The van der Waals surface area contributed by atoms with Gasteiger partial charge in [-0.1, -0.05) is 18.2 Å². The standard InChI is InChI=1S/C19H21N5S/c1-23-8-10-24(11-9-23)15-6-4-14(5-7-15)16-13-17(22-19(20)21-16)18-3-2-12-25-18/h2-7,12-13H,8-11H2,1H3,(H2,20,21,22). The van der Waals surface area contributed by atoms with Crippen LogP contribution in [-0.2, 0) is 0 Å². The molecule has 2 aromatic heterocycles. The maximum absolute atomic E-state index is 5.93. The fourth-order valence-electron chi connectivity index (χ4n) is 3.07.